The Morgan fingerprint density at radius 2 is 1.54 bits per heavy atom. The van der Waals surface area contributed by atoms with Crippen molar-refractivity contribution in [3.63, 3.8) is 0 Å². The fraction of sp³-hybridized carbons (Fsp3) is 0.292. The van der Waals surface area contributed by atoms with Gasteiger partial charge in [-0.05, 0) is 35.6 Å². The Morgan fingerprint density at radius 1 is 0.943 bits per heavy atom. The first-order chi connectivity index (χ1) is 16.8. The van der Waals surface area contributed by atoms with Gasteiger partial charge in [-0.2, -0.15) is 0 Å². The van der Waals surface area contributed by atoms with Gasteiger partial charge in [-0.25, -0.2) is 15.0 Å². The zero-order valence-electron chi connectivity index (χ0n) is 19.0. The number of hydrogen-bond donors (Lipinski definition) is 5. The SMILES string of the molecule is CCNC(=O)CCC(NC(=O)C(=O)O)C(=O)NNC(=O)OCC1c2ccccc2-c2ccccc21. The van der Waals surface area contributed by atoms with Crippen LogP contribution in [0.15, 0.2) is 48.5 Å². The lowest BCUT2D eigenvalue weighted by atomic mass is 9.98. The third-order valence-electron chi connectivity index (χ3n) is 5.48. The average molecular weight is 482 g/mol. The molecule has 0 aliphatic heterocycles. The van der Waals surface area contributed by atoms with Crippen LogP contribution in [-0.2, 0) is 23.9 Å². The summed E-state index contributed by atoms with van der Waals surface area (Å²) in [4.78, 5) is 58.7. The summed E-state index contributed by atoms with van der Waals surface area (Å²) in [6, 6.07) is 14.3. The first-order valence-corrected chi connectivity index (χ1v) is 11.0. The number of carbonyl (C=O) groups is 5. The van der Waals surface area contributed by atoms with E-state index in [9.17, 15) is 24.0 Å². The van der Waals surface area contributed by atoms with Crippen molar-refractivity contribution in [2.24, 2.45) is 0 Å². The highest BCUT2D eigenvalue weighted by atomic mass is 16.6. The van der Waals surface area contributed by atoms with E-state index < -0.39 is 29.9 Å². The first kappa shape index (κ1) is 25.2. The van der Waals surface area contributed by atoms with Crippen LogP contribution in [0, 0.1) is 0 Å². The van der Waals surface area contributed by atoms with Crippen LogP contribution in [0.25, 0.3) is 11.1 Å². The second-order valence-electron chi connectivity index (χ2n) is 7.76. The number of fused-ring (bicyclic) bond motifs is 3. The van der Waals surface area contributed by atoms with Crippen LogP contribution in [0.2, 0.25) is 0 Å². The van der Waals surface area contributed by atoms with E-state index in [4.69, 9.17) is 9.84 Å². The zero-order valence-corrected chi connectivity index (χ0v) is 19.0. The number of nitrogens with one attached hydrogen (secondary N) is 4. The molecule has 0 heterocycles. The van der Waals surface area contributed by atoms with E-state index >= 15 is 0 Å². The first-order valence-electron chi connectivity index (χ1n) is 11.0. The number of carboxylic acids is 1. The van der Waals surface area contributed by atoms with Gasteiger partial charge in [0.2, 0.25) is 5.91 Å². The number of carbonyl (C=O) groups excluding carboxylic acids is 4. The average Bonchev–Trinajstić information content (AvgIpc) is 3.17. The van der Waals surface area contributed by atoms with E-state index in [0.717, 1.165) is 22.3 Å². The molecule has 0 fully saturated rings. The fourth-order valence-electron chi connectivity index (χ4n) is 3.88. The number of hydrazine groups is 1. The Bertz CT molecular complexity index is 1090. The van der Waals surface area contributed by atoms with Gasteiger partial charge in [0.05, 0.1) is 0 Å². The molecule has 5 N–H and O–H groups in total. The highest BCUT2D eigenvalue weighted by Crippen LogP contribution is 2.44. The van der Waals surface area contributed by atoms with E-state index in [1.165, 1.54) is 0 Å². The fourth-order valence-corrected chi connectivity index (χ4v) is 3.88. The number of carboxylic acid groups (broad SMARTS) is 1. The van der Waals surface area contributed by atoms with E-state index in [2.05, 4.69) is 16.2 Å². The Balaban J connectivity index is 1.56. The molecule has 0 saturated heterocycles. The minimum absolute atomic E-state index is 0.0199. The summed E-state index contributed by atoms with van der Waals surface area (Å²) >= 11 is 0. The number of amides is 4. The molecule has 11 heteroatoms. The Labute approximate surface area is 201 Å². The van der Waals surface area contributed by atoms with Crippen LogP contribution in [0.5, 0.6) is 0 Å². The zero-order chi connectivity index (χ0) is 25.4. The Hall–Kier alpha value is -4.41. The second kappa shape index (κ2) is 11.6. The second-order valence-corrected chi connectivity index (χ2v) is 7.76. The highest BCUT2D eigenvalue weighted by Gasteiger charge is 2.29. The number of hydrogen-bond acceptors (Lipinski definition) is 6. The number of aliphatic carboxylic acids is 1. The van der Waals surface area contributed by atoms with Crippen LogP contribution in [0.4, 0.5) is 4.79 Å². The molecule has 11 nitrogen and oxygen atoms in total. The van der Waals surface area contributed by atoms with Gasteiger partial charge in [-0.3, -0.25) is 19.8 Å². The van der Waals surface area contributed by atoms with Gasteiger partial charge in [-0.1, -0.05) is 48.5 Å². The summed E-state index contributed by atoms with van der Waals surface area (Å²) in [6.07, 6.45) is -1.26. The van der Waals surface area contributed by atoms with Crippen molar-refractivity contribution in [2.75, 3.05) is 13.2 Å². The van der Waals surface area contributed by atoms with Gasteiger partial charge < -0.3 is 20.5 Å². The number of benzene rings is 2. The van der Waals surface area contributed by atoms with Crippen molar-refractivity contribution in [3.05, 3.63) is 59.7 Å². The van der Waals surface area contributed by atoms with Crippen LogP contribution in [0.3, 0.4) is 0 Å². The maximum absolute atomic E-state index is 12.4. The molecule has 35 heavy (non-hydrogen) atoms. The van der Waals surface area contributed by atoms with Gasteiger partial charge in [0.15, 0.2) is 0 Å². The predicted molar refractivity (Wildman–Crippen MR) is 124 cm³/mol. The Morgan fingerprint density at radius 3 is 2.11 bits per heavy atom. The van der Waals surface area contributed by atoms with Crippen molar-refractivity contribution < 1.29 is 33.8 Å². The standard InChI is InChI=1S/C24H26N4O7/c1-2-25-20(29)12-11-19(26-22(31)23(32)33)21(30)27-28-24(34)35-13-18-16-9-5-3-7-14(16)15-8-4-6-10-17(15)18/h3-10,18-19H,2,11-13H2,1H3,(H,25,29)(H,26,31)(H,27,30)(H,28,34)(H,32,33). The minimum atomic E-state index is -1.79. The summed E-state index contributed by atoms with van der Waals surface area (Å²) in [7, 11) is 0. The third kappa shape index (κ3) is 6.34. The van der Waals surface area contributed by atoms with Crippen molar-refractivity contribution in [1.29, 1.82) is 0 Å². The van der Waals surface area contributed by atoms with Gasteiger partial charge in [0.1, 0.15) is 12.6 Å². The van der Waals surface area contributed by atoms with Crippen molar-refractivity contribution in [1.82, 2.24) is 21.5 Å². The quantitative estimate of drug-likeness (QED) is 0.277. The summed E-state index contributed by atoms with van der Waals surface area (Å²) in [6.45, 7) is 2.11. The lowest BCUT2D eigenvalue weighted by Gasteiger charge is -2.18. The topological polar surface area (TPSA) is 163 Å². The van der Waals surface area contributed by atoms with E-state index in [-0.39, 0.29) is 31.3 Å². The molecule has 0 aromatic heterocycles. The number of ether oxygens (including phenoxy) is 1. The monoisotopic (exact) mass is 482 g/mol. The molecule has 2 aromatic rings. The normalized spacial score (nSPS) is 12.5. The van der Waals surface area contributed by atoms with Crippen LogP contribution in [0.1, 0.15) is 36.8 Å². The molecule has 184 valence electrons. The van der Waals surface area contributed by atoms with Gasteiger partial charge >= 0.3 is 18.0 Å². The molecule has 1 atom stereocenters. The van der Waals surface area contributed by atoms with Crippen molar-refractivity contribution >= 4 is 29.8 Å². The van der Waals surface area contributed by atoms with Crippen LogP contribution >= 0.6 is 0 Å². The minimum Gasteiger partial charge on any atom is -0.474 e. The number of rotatable bonds is 8. The van der Waals surface area contributed by atoms with Crippen LogP contribution in [-0.4, -0.2) is 54.1 Å². The highest BCUT2D eigenvalue weighted by molar-refractivity contribution is 6.32. The van der Waals surface area contributed by atoms with Gasteiger partial charge in [-0.15, -0.1) is 0 Å². The van der Waals surface area contributed by atoms with Gasteiger partial charge in [0.25, 0.3) is 5.91 Å². The molecule has 1 aliphatic carbocycles. The maximum Gasteiger partial charge on any atom is 0.426 e. The van der Waals surface area contributed by atoms with E-state index in [1.807, 2.05) is 53.8 Å². The molecule has 0 spiro atoms. The molecular formula is C24H26N4O7. The third-order valence-corrected chi connectivity index (χ3v) is 5.48. The molecule has 4 amide bonds. The molecule has 0 radical (unpaired) electrons. The van der Waals surface area contributed by atoms with E-state index in [0.29, 0.717) is 6.54 Å². The van der Waals surface area contributed by atoms with Crippen molar-refractivity contribution in [3.8, 4) is 11.1 Å². The summed E-state index contributed by atoms with van der Waals surface area (Å²) in [5.41, 5.74) is 8.35. The molecular weight excluding hydrogens is 456 g/mol. The maximum atomic E-state index is 12.4. The van der Waals surface area contributed by atoms with Crippen LogP contribution < -0.4 is 21.5 Å². The summed E-state index contributed by atoms with van der Waals surface area (Å²) in [5.74, 6) is -4.66. The summed E-state index contributed by atoms with van der Waals surface area (Å²) < 4.78 is 5.31. The molecule has 1 aliphatic rings. The van der Waals surface area contributed by atoms with Gasteiger partial charge in [0, 0.05) is 18.9 Å². The lowest BCUT2D eigenvalue weighted by molar-refractivity contribution is -0.151. The predicted octanol–water partition coefficient (Wildman–Crippen LogP) is 1.04. The molecule has 0 saturated carbocycles. The largest absolute Gasteiger partial charge is 0.474 e. The molecule has 0 bridgehead atoms. The lowest BCUT2D eigenvalue weighted by Crippen LogP contribution is -2.53. The molecule has 2 aromatic carbocycles. The molecule has 3 rings (SSSR count). The Kier molecular flexibility index (Phi) is 8.38. The smallest absolute Gasteiger partial charge is 0.426 e. The van der Waals surface area contributed by atoms with Crippen molar-refractivity contribution in [2.45, 2.75) is 31.7 Å². The summed E-state index contributed by atoms with van der Waals surface area (Å²) in [5, 5.41) is 13.3. The van der Waals surface area contributed by atoms with E-state index in [1.54, 1.807) is 6.92 Å². The molecule has 1 unspecified atom stereocenters.